The van der Waals surface area contributed by atoms with Crippen LogP contribution < -0.4 is 5.32 Å². The van der Waals surface area contributed by atoms with Crippen molar-refractivity contribution in [3.63, 3.8) is 0 Å². The van der Waals surface area contributed by atoms with E-state index < -0.39 is 5.97 Å². The number of aromatic carboxylic acids is 1. The first-order chi connectivity index (χ1) is 9.20. The molecular formula is C13H19NO4S. The molecule has 0 aliphatic heterocycles. The summed E-state index contributed by atoms with van der Waals surface area (Å²) in [6, 6.07) is 5.40. The van der Waals surface area contributed by atoms with Gasteiger partial charge < -0.3 is 19.9 Å². The van der Waals surface area contributed by atoms with Gasteiger partial charge in [-0.15, -0.1) is 11.8 Å². The molecule has 0 aromatic heterocycles. The van der Waals surface area contributed by atoms with Crippen molar-refractivity contribution in [2.24, 2.45) is 0 Å². The molecule has 1 aromatic rings. The Balaban J connectivity index is 2.55. The smallest absolute Gasteiger partial charge is 0.338 e. The Morgan fingerprint density at radius 3 is 2.79 bits per heavy atom. The molecule has 2 N–H and O–H groups in total. The third kappa shape index (κ3) is 5.10. The van der Waals surface area contributed by atoms with Crippen LogP contribution in [0.3, 0.4) is 0 Å². The first-order valence-electron chi connectivity index (χ1n) is 5.91. The number of anilines is 1. The van der Waals surface area contributed by atoms with Gasteiger partial charge >= 0.3 is 5.97 Å². The maximum absolute atomic E-state index is 11.3. The van der Waals surface area contributed by atoms with Gasteiger partial charge in [-0.25, -0.2) is 4.79 Å². The van der Waals surface area contributed by atoms with E-state index in [1.807, 2.05) is 12.3 Å². The quantitative estimate of drug-likeness (QED) is 0.535. The molecule has 19 heavy (non-hydrogen) atoms. The second-order valence-corrected chi connectivity index (χ2v) is 4.57. The molecule has 106 valence electrons. The highest BCUT2D eigenvalue weighted by Crippen LogP contribution is 2.26. The van der Waals surface area contributed by atoms with Crippen LogP contribution in [0.5, 0.6) is 0 Å². The fourth-order valence-electron chi connectivity index (χ4n) is 1.57. The van der Waals surface area contributed by atoms with Gasteiger partial charge in [-0.3, -0.25) is 0 Å². The molecule has 0 aliphatic rings. The molecule has 5 nitrogen and oxygen atoms in total. The summed E-state index contributed by atoms with van der Waals surface area (Å²) in [6.07, 6.45) is 1.86. The fraction of sp³-hybridized carbons (Fsp3) is 0.462. The third-order valence-corrected chi connectivity index (χ3v) is 3.23. The van der Waals surface area contributed by atoms with E-state index in [1.165, 1.54) is 11.8 Å². The van der Waals surface area contributed by atoms with Gasteiger partial charge in [0.05, 0.1) is 25.4 Å². The number of thioether (sulfide) groups is 1. The number of methoxy groups -OCH3 is 1. The molecule has 0 spiro atoms. The molecule has 0 aliphatic carbocycles. The minimum absolute atomic E-state index is 0.312. The lowest BCUT2D eigenvalue weighted by atomic mass is 10.2. The first-order valence-corrected chi connectivity index (χ1v) is 7.14. The van der Waals surface area contributed by atoms with Crippen LogP contribution in [0.2, 0.25) is 0 Å². The summed E-state index contributed by atoms with van der Waals surface area (Å²) in [6.45, 7) is 2.16. The molecular weight excluding hydrogens is 266 g/mol. The van der Waals surface area contributed by atoms with Crippen LogP contribution in [0.4, 0.5) is 5.69 Å². The Labute approximate surface area is 117 Å². The van der Waals surface area contributed by atoms with Gasteiger partial charge in [0.1, 0.15) is 0 Å². The maximum atomic E-state index is 11.3. The van der Waals surface area contributed by atoms with Crippen molar-refractivity contribution in [1.82, 2.24) is 0 Å². The summed E-state index contributed by atoms with van der Waals surface area (Å²) >= 11 is 1.42. The van der Waals surface area contributed by atoms with Crippen LogP contribution in [-0.2, 0) is 9.47 Å². The van der Waals surface area contributed by atoms with Crippen LogP contribution >= 0.6 is 11.8 Å². The highest BCUT2D eigenvalue weighted by molar-refractivity contribution is 7.98. The lowest BCUT2D eigenvalue weighted by Gasteiger charge is -2.12. The minimum atomic E-state index is -0.923. The standard InChI is InChI=1S/C13H19NO4S/c1-17-8-9-18-7-6-14-10-4-3-5-11(19-2)12(10)13(15)16/h3-5,14H,6-9H2,1-2H3,(H,15,16). The number of hydrogen-bond donors (Lipinski definition) is 2. The van der Waals surface area contributed by atoms with Crippen molar-refractivity contribution in [2.45, 2.75) is 4.90 Å². The minimum Gasteiger partial charge on any atom is -0.478 e. The Kier molecular flexibility index (Phi) is 7.32. The van der Waals surface area contributed by atoms with Gasteiger partial charge in [0, 0.05) is 24.2 Å². The number of carbonyl (C=O) groups is 1. The summed E-state index contributed by atoms with van der Waals surface area (Å²) in [5, 5.41) is 12.3. The van der Waals surface area contributed by atoms with E-state index in [2.05, 4.69) is 5.32 Å². The normalized spacial score (nSPS) is 10.4. The number of ether oxygens (including phenoxy) is 2. The lowest BCUT2D eigenvalue weighted by molar-refractivity contribution is 0.0693. The molecule has 0 atom stereocenters. The summed E-state index contributed by atoms with van der Waals surface area (Å²) in [5.41, 5.74) is 0.932. The summed E-state index contributed by atoms with van der Waals surface area (Å²) in [7, 11) is 1.62. The average molecular weight is 285 g/mol. The van der Waals surface area contributed by atoms with Crippen LogP contribution in [-0.4, -0.2) is 50.8 Å². The summed E-state index contributed by atoms with van der Waals surface area (Å²) in [4.78, 5) is 12.0. The topological polar surface area (TPSA) is 67.8 Å². The van der Waals surface area contributed by atoms with E-state index in [0.717, 1.165) is 4.90 Å². The Morgan fingerprint density at radius 1 is 1.37 bits per heavy atom. The Morgan fingerprint density at radius 2 is 2.16 bits per heavy atom. The molecule has 0 fully saturated rings. The second kappa shape index (κ2) is 8.79. The van der Waals surface area contributed by atoms with E-state index in [1.54, 1.807) is 19.2 Å². The highest BCUT2D eigenvalue weighted by atomic mass is 32.2. The first kappa shape index (κ1) is 15.8. The summed E-state index contributed by atoms with van der Waals surface area (Å²) in [5.74, 6) is -0.923. The van der Waals surface area contributed by atoms with E-state index in [-0.39, 0.29) is 0 Å². The Hall–Kier alpha value is -1.24. The van der Waals surface area contributed by atoms with Crippen LogP contribution in [0.25, 0.3) is 0 Å². The molecule has 0 radical (unpaired) electrons. The number of carboxylic acids is 1. The van der Waals surface area contributed by atoms with Crippen molar-refractivity contribution in [3.8, 4) is 0 Å². The van der Waals surface area contributed by atoms with Crippen LogP contribution in [0, 0.1) is 0 Å². The lowest BCUT2D eigenvalue weighted by Crippen LogP contribution is -2.14. The molecule has 0 bridgehead atoms. The van der Waals surface area contributed by atoms with Gasteiger partial charge in [-0.1, -0.05) is 6.07 Å². The van der Waals surface area contributed by atoms with E-state index in [9.17, 15) is 9.90 Å². The SMILES string of the molecule is COCCOCCNc1cccc(SC)c1C(=O)O. The number of carboxylic acid groups (broad SMARTS) is 1. The summed E-state index contributed by atoms with van der Waals surface area (Å²) < 4.78 is 10.2. The average Bonchev–Trinajstić information content (AvgIpc) is 2.42. The molecule has 0 amide bonds. The van der Waals surface area contributed by atoms with E-state index >= 15 is 0 Å². The van der Waals surface area contributed by atoms with Gasteiger partial charge in [0.15, 0.2) is 0 Å². The number of benzene rings is 1. The Bertz CT molecular complexity index is 412. The largest absolute Gasteiger partial charge is 0.478 e. The van der Waals surface area contributed by atoms with Crippen LogP contribution in [0.15, 0.2) is 23.1 Å². The van der Waals surface area contributed by atoms with Crippen molar-refractivity contribution < 1.29 is 19.4 Å². The monoisotopic (exact) mass is 285 g/mol. The molecule has 0 saturated heterocycles. The highest BCUT2D eigenvalue weighted by Gasteiger charge is 2.14. The molecule has 1 aromatic carbocycles. The second-order valence-electron chi connectivity index (χ2n) is 3.72. The maximum Gasteiger partial charge on any atom is 0.338 e. The van der Waals surface area contributed by atoms with Crippen molar-refractivity contribution in [3.05, 3.63) is 23.8 Å². The van der Waals surface area contributed by atoms with Crippen molar-refractivity contribution in [1.29, 1.82) is 0 Å². The predicted molar refractivity (Wildman–Crippen MR) is 76.4 cm³/mol. The van der Waals surface area contributed by atoms with Gasteiger partial charge in [0.25, 0.3) is 0 Å². The fourth-order valence-corrected chi connectivity index (χ4v) is 2.19. The molecule has 1 rings (SSSR count). The van der Waals surface area contributed by atoms with E-state index in [0.29, 0.717) is 37.6 Å². The number of nitrogens with one attached hydrogen (secondary N) is 1. The zero-order valence-electron chi connectivity index (χ0n) is 11.1. The zero-order chi connectivity index (χ0) is 14.1. The van der Waals surface area contributed by atoms with E-state index in [4.69, 9.17) is 9.47 Å². The van der Waals surface area contributed by atoms with Crippen molar-refractivity contribution in [2.75, 3.05) is 45.0 Å². The third-order valence-electron chi connectivity index (χ3n) is 2.45. The molecule has 0 unspecified atom stereocenters. The van der Waals surface area contributed by atoms with Crippen molar-refractivity contribution >= 4 is 23.4 Å². The molecule has 6 heteroatoms. The van der Waals surface area contributed by atoms with Crippen LogP contribution in [0.1, 0.15) is 10.4 Å². The van der Waals surface area contributed by atoms with Gasteiger partial charge in [-0.05, 0) is 18.4 Å². The van der Waals surface area contributed by atoms with Gasteiger partial charge in [0.2, 0.25) is 0 Å². The van der Waals surface area contributed by atoms with Gasteiger partial charge in [-0.2, -0.15) is 0 Å². The molecule has 0 saturated carbocycles. The zero-order valence-corrected chi connectivity index (χ0v) is 12.0. The molecule has 0 heterocycles. The number of rotatable bonds is 9. The number of hydrogen-bond acceptors (Lipinski definition) is 5. The predicted octanol–water partition coefficient (Wildman–Crippen LogP) is 2.18.